The highest BCUT2D eigenvalue weighted by Crippen LogP contribution is 2.66. The summed E-state index contributed by atoms with van der Waals surface area (Å²) in [6, 6.07) is -0.799. The summed E-state index contributed by atoms with van der Waals surface area (Å²) in [5.74, 6) is 0.278. The molecule has 2 aliphatic rings. The topological polar surface area (TPSA) is 253 Å². The van der Waals surface area contributed by atoms with Crippen LogP contribution < -0.4 is 11.1 Å². The molecule has 3 rings (SSSR count). The Morgan fingerprint density at radius 2 is 1.91 bits per heavy atom. The Morgan fingerprint density at radius 3 is 2.50 bits per heavy atom. The van der Waals surface area contributed by atoms with E-state index in [1.165, 1.54) is 10.9 Å². The zero-order valence-electron chi connectivity index (χ0n) is 17.0. The number of aliphatic hydroxyl groups is 1. The van der Waals surface area contributed by atoms with Crippen LogP contribution in [-0.2, 0) is 26.8 Å². The number of hydrogen-bond donors (Lipinski definition) is 7. The van der Waals surface area contributed by atoms with Gasteiger partial charge in [0.15, 0.2) is 11.8 Å². The molecule has 8 N–H and O–H groups in total. The zero-order valence-corrected chi connectivity index (χ0v) is 19.6. The Bertz CT molecular complexity index is 1260. The Labute approximate surface area is 191 Å². The van der Waals surface area contributed by atoms with Crippen LogP contribution in [0.3, 0.4) is 0 Å². The third-order valence-corrected chi connectivity index (χ3v) is 8.70. The van der Waals surface area contributed by atoms with E-state index in [9.17, 15) is 28.6 Å². The van der Waals surface area contributed by atoms with Crippen LogP contribution in [0.1, 0.15) is 18.2 Å². The van der Waals surface area contributed by atoms with Crippen LogP contribution >= 0.6 is 23.5 Å². The van der Waals surface area contributed by atoms with Crippen LogP contribution in [0, 0.1) is 6.57 Å². The smallest absolute Gasteiger partial charge is 0.384 e. The Kier molecular flexibility index (Phi) is 6.84. The van der Waals surface area contributed by atoms with Crippen molar-refractivity contribution in [1.82, 2.24) is 14.9 Å². The number of nitrogens with one attached hydrogen (secondary N) is 1. The molecule has 2 heterocycles. The number of aromatic nitrogens is 2. The van der Waals surface area contributed by atoms with Crippen molar-refractivity contribution in [3.05, 3.63) is 42.2 Å². The van der Waals surface area contributed by atoms with Crippen LogP contribution in [-0.4, -0.2) is 58.4 Å². The molecule has 0 amide bonds. The standard InChI is InChI=1S/C14H19N6O11P3/c1-7-9(20-6-17-11-8(2)18-13(15)19-12(11)20)4-10(21)14(7,16-3)5-29-33(25,26)31-34(27,28)30-32(22,23)24/h6,9-10,21H,1-2,4-5H2,(H,25,26)(H,27,28)(H3,15,18,19)(H2,22,23,24)/t9-,10-,14+/m0/s1. The second-order valence-corrected chi connectivity index (χ2v) is 11.5. The summed E-state index contributed by atoms with van der Waals surface area (Å²) in [6.45, 7) is 14.1. The molecule has 0 radical (unpaired) electrons. The normalized spacial score (nSPS) is 28.3. The maximum Gasteiger partial charge on any atom is 0.490 e. The summed E-state index contributed by atoms with van der Waals surface area (Å²) in [5.41, 5.74) is 4.42. The summed E-state index contributed by atoms with van der Waals surface area (Å²) >= 11 is 0. The fourth-order valence-corrected chi connectivity index (χ4v) is 6.50. The van der Waals surface area contributed by atoms with Crippen LogP contribution in [0.25, 0.3) is 10.5 Å². The fraction of sp³-hybridized carbons (Fsp3) is 0.357. The first kappa shape index (κ1) is 26.4. The van der Waals surface area contributed by atoms with Crippen molar-refractivity contribution in [1.29, 1.82) is 0 Å². The van der Waals surface area contributed by atoms with E-state index in [4.69, 9.17) is 22.1 Å². The minimum Gasteiger partial charge on any atom is -0.384 e. The van der Waals surface area contributed by atoms with Gasteiger partial charge in [-0.2, -0.15) is 13.6 Å². The average molecular weight is 540 g/mol. The van der Waals surface area contributed by atoms with Gasteiger partial charge >= 0.3 is 29.0 Å². The lowest BCUT2D eigenvalue weighted by molar-refractivity contribution is 0.0911. The van der Waals surface area contributed by atoms with E-state index in [2.05, 4.69) is 46.4 Å². The van der Waals surface area contributed by atoms with Crippen LogP contribution in [0.2, 0.25) is 0 Å². The molecule has 0 spiro atoms. The molecule has 2 unspecified atom stereocenters. The molecule has 1 aromatic rings. The Balaban J connectivity index is 1.83. The number of phosphoric acid groups is 3. The van der Waals surface area contributed by atoms with E-state index < -0.39 is 47.8 Å². The largest absolute Gasteiger partial charge is 0.490 e. The summed E-state index contributed by atoms with van der Waals surface area (Å²) in [5, 5.41) is 13.3. The molecular formula is C14H19N6O11P3. The number of guanidine groups is 1. The van der Waals surface area contributed by atoms with Crippen molar-refractivity contribution in [2.75, 3.05) is 6.61 Å². The minimum absolute atomic E-state index is 0.0202. The first-order valence-electron chi connectivity index (χ1n) is 8.92. The van der Waals surface area contributed by atoms with Gasteiger partial charge in [-0.15, -0.1) is 0 Å². The number of aliphatic imine (C=N–C) groups is 1. The number of fused-ring (bicyclic) bond motifs is 1. The Hall–Kier alpha value is -2.18. The van der Waals surface area contributed by atoms with E-state index in [1.54, 1.807) is 0 Å². The molecule has 1 aromatic heterocycles. The number of phosphoric ester groups is 1. The van der Waals surface area contributed by atoms with Crippen molar-refractivity contribution in [2.45, 2.75) is 24.1 Å². The Morgan fingerprint density at radius 1 is 1.26 bits per heavy atom. The van der Waals surface area contributed by atoms with E-state index >= 15 is 0 Å². The molecule has 0 bridgehead atoms. The SMILES string of the molecule is [C-]#[N+][C@]1(COP(=O)(O)OP(=O)(O)OP(=O)(O)O)C(=C)[C@@H](n2cnc3c2N=C(N)NC3=C)C[C@@H]1O. The van der Waals surface area contributed by atoms with Gasteiger partial charge in [-0.1, -0.05) is 13.2 Å². The van der Waals surface area contributed by atoms with Crippen LogP contribution in [0.4, 0.5) is 5.82 Å². The molecule has 186 valence electrons. The molecule has 17 nitrogen and oxygen atoms in total. The lowest BCUT2D eigenvalue weighted by Gasteiger charge is -2.24. The lowest BCUT2D eigenvalue weighted by atomic mass is 9.93. The molecule has 0 saturated heterocycles. The molecule has 1 aliphatic carbocycles. The maximum atomic E-state index is 12.1. The number of rotatable bonds is 8. The monoisotopic (exact) mass is 540 g/mol. The second-order valence-electron chi connectivity index (χ2n) is 7.12. The third kappa shape index (κ3) is 5.23. The van der Waals surface area contributed by atoms with Crippen molar-refractivity contribution in [3.63, 3.8) is 0 Å². The van der Waals surface area contributed by atoms with Gasteiger partial charge in [0.1, 0.15) is 18.4 Å². The molecular weight excluding hydrogens is 521 g/mol. The van der Waals surface area contributed by atoms with Gasteiger partial charge < -0.3 is 40.3 Å². The summed E-state index contributed by atoms with van der Waals surface area (Å²) in [6.07, 6.45) is -0.275. The van der Waals surface area contributed by atoms with E-state index in [0.717, 1.165) is 0 Å². The van der Waals surface area contributed by atoms with Gasteiger partial charge in [-0.25, -0.2) is 25.3 Å². The molecule has 0 aromatic carbocycles. The quantitative estimate of drug-likeness (QED) is 0.133. The number of aliphatic hydroxyl groups excluding tert-OH is 1. The fourth-order valence-electron chi connectivity index (χ4n) is 3.45. The van der Waals surface area contributed by atoms with Gasteiger partial charge in [-0.3, -0.25) is 9.37 Å². The van der Waals surface area contributed by atoms with Crippen molar-refractivity contribution in [3.8, 4) is 0 Å². The van der Waals surface area contributed by atoms with Crippen molar-refractivity contribution >= 4 is 40.9 Å². The molecule has 5 atom stereocenters. The highest BCUT2D eigenvalue weighted by molar-refractivity contribution is 7.66. The molecule has 20 heteroatoms. The van der Waals surface area contributed by atoms with E-state index in [0.29, 0.717) is 11.4 Å². The van der Waals surface area contributed by atoms with Crippen LogP contribution in [0.5, 0.6) is 0 Å². The number of nitrogens with two attached hydrogens (primary N) is 1. The van der Waals surface area contributed by atoms with Gasteiger partial charge in [-0.05, 0) is 0 Å². The average Bonchev–Trinajstić information content (AvgIpc) is 3.17. The second kappa shape index (κ2) is 8.80. The van der Waals surface area contributed by atoms with Gasteiger partial charge in [0.05, 0.1) is 18.1 Å². The van der Waals surface area contributed by atoms with Crippen molar-refractivity contribution in [2.24, 2.45) is 10.7 Å². The van der Waals surface area contributed by atoms with Crippen molar-refractivity contribution < 1.29 is 51.5 Å². The van der Waals surface area contributed by atoms with Gasteiger partial charge in [0.25, 0.3) is 0 Å². The number of nitrogens with zero attached hydrogens (tertiary/aromatic N) is 4. The predicted molar refractivity (Wildman–Crippen MR) is 114 cm³/mol. The van der Waals surface area contributed by atoms with Gasteiger partial charge in [0.2, 0.25) is 0 Å². The predicted octanol–water partition coefficient (Wildman–Crippen LogP) is 0.266. The first-order valence-corrected chi connectivity index (χ1v) is 13.4. The van der Waals surface area contributed by atoms with E-state index in [1.807, 2.05) is 0 Å². The number of imidazole rings is 1. The molecule has 1 saturated carbocycles. The number of hydrogen-bond acceptors (Lipinski definition) is 11. The molecule has 34 heavy (non-hydrogen) atoms. The lowest BCUT2D eigenvalue weighted by Crippen LogP contribution is -2.40. The summed E-state index contributed by atoms with van der Waals surface area (Å²) in [7, 11) is -16.9. The summed E-state index contributed by atoms with van der Waals surface area (Å²) in [4.78, 5) is 47.8. The summed E-state index contributed by atoms with van der Waals surface area (Å²) < 4.78 is 47.7. The molecule has 1 fully saturated rings. The first-order chi connectivity index (χ1) is 15.5. The minimum atomic E-state index is -5.75. The van der Waals surface area contributed by atoms with Crippen LogP contribution in [0.15, 0.2) is 30.1 Å². The highest BCUT2D eigenvalue weighted by atomic mass is 31.3. The third-order valence-electron chi connectivity index (χ3n) is 4.91. The zero-order chi connectivity index (χ0) is 25.7. The highest BCUT2D eigenvalue weighted by Gasteiger charge is 2.59. The van der Waals surface area contributed by atoms with E-state index in [-0.39, 0.29) is 23.8 Å². The molecule has 1 aliphatic heterocycles. The van der Waals surface area contributed by atoms with Gasteiger partial charge in [0, 0.05) is 12.0 Å². The maximum absolute atomic E-state index is 12.1.